The second-order valence-corrected chi connectivity index (χ2v) is 6.76. The highest BCUT2D eigenvalue weighted by Crippen LogP contribution is 2.40. The molecule has 1 saturated heterocycles. The Balaban J connectivity index is 1.88. The Morgan fingerprint density at radius 2 is 1.90 bits per heavy atom. The topological polar surface area (TPSA) is 46.6 Å². The number of hydrogen-bond acceptors (Lipinski definition) is 3. The van der Waals surface area contributed by atoms with E-state index in [0.717, 1.165) is 25.7 Å². The Hall–Kier alpha value is -1.58. The highest BCUT2D eigenvalue weighted by molar-refractivity contribution is 5.80. The lowest BCUT2D eigenvalue weighted by Gasteiger charge is -2.37. The van der Waals surface area contributed by atoms with Gasteiger partial charge in [0.2, 0.25) is 0 Å². The first-order chi connectivity index (χ1) is 9.99. The summed E-state index contributed by atoms with van der Waals surface area (Å²) in [6.07, 6.45) is 10.8. The highest BCUT2D eigenvalue weighted by atomic mass is 16.6. The third-order valence-electron chi connectivity index (χ3n) is 4.80. The van der Waals surface area contributed by atoms with E-state index in [1.807, 2.05) is 18.7 Å². The van der Waals surface area contributed by atoms with Crippen molar-refractivity contribution in [2.24, 2.45) is 0 Å². The van der Waals surface area contributed by atoms with Gasteiger partial charge in [0.05, 0.1) is 6.04 Å². The number of ether oxygens (including phenoxy) is 1. The van der Waals surface area contributed by atoms with Crippen molar-refractivity contribution >= 4 is 11.9 Å². The van der Waals surface area contributed by atoms with Gasteiger partial charge in [-0.3, -0.25) is 9.69 Å². The van der Waals surface area contributed by atoms with Gasteiger partial charge >= 0.3 is 6.09 Å². The molecule has 0 aromatic rings. The molecule has 0 unspecified atom stereocenters. The van der Waals surface area contributed by atoms with E-state index in [0.29, 0.717) is 18.6 Å². The molecule has 1 aliphatic heterocycles. The standard InChI is InChI=1S/C17H23NO3/c1-17(2)15(12-6-4-3-5-7-12)18(16(20)21-17)13-8-10-14(19)11-9-13/h3-4,6,13,15H,5,7-11H2,1-2H3/t15-/m0/s1. The molecule has 114 valence electrons. The summed E-state index contributed by atoms with van der Waals surface area (Å²) < 4.78 is 5.64. The minimum atomic E-state index is -0.504. The van der Waals surface area contributed by atoms with Crippen LogP contribution in [0.5, 0.6) is 0 Å². The lowest BCUT2D eigenvalue weighted by atomic mass is 9.84. The first-order valence-corrected chi connectivity index (χ1v) is 7.87. The normalized spacial score (nSPS) is 29.5. The van der Waals surface area contributed by atoms with Crippen LogP contribution in [0, 0.1) is 0 Å². The second-order valence-electron chi connectivity index (χ2n) is 6.76. The zero-order valence-electron chi connectivity index (χ0n) is 12.8. The fourth-order valence-electron chi connectivity index (χ4n) is 3.81. The molecule has 0 spiro atoms. The number of ketones is 1. The van der Waals surface area contributed by atoms with Crippen molar-refractivity contribution in [1.82, 2.24) is 4.90 Å². The Morgan fingerprint density at radius 3 is 2.52 bits per heavy atom. The molecule has 0 aromatic heterocycles. The number of allylic oxidation sites excluding steroid dienone is 3. The monoisotopic (exact) mass is 289 g/mol. The van der Waals surface area contributed by atoms with E-state index < -0.39 is 5.60 Å². The summed E-state index contributed by atoms with van der Waals surface area (Å²) in [7, 11) is 0. The summed E-state index contributed by atoms with van der Waals surface area (Å²) in [5.41, 5.74) is 0.764. The maximum Gasteiger partial charge on any atom is 0.411 e. The van der Waals surface area contributed by atoms with Crippen LogP contribution in [0.1, 0.15) is 52.4 Å². The van der Waals surface area contributed by atoms with Crippen LogP contribution >= 0.6 is 0 Å². The number of amides is 1. The van der Waals surface area contributed by atoms with Gasteiger partial charge in [0.1, 0.15) is 11.4 Å². The van der Waals surface area contributed by atoms with E-state index in [4.69, 9.17) is 4.74 Å². The summed E-state index contributed by atoms with van der Waals surface area (Å²) >= 11 is 0. The molecule has 0 radical (unpaired) electrons. The van der Waals surface area contributed by atoms with Crippen molar-refractivity contribution in [3.05, 3.63) is 23.8 Å². The van der Waals surface area contributed by atoms with Gasteiger partial charge in [-0.25, -0.2) is 4.79 Å². The number of hydrogen-bond donors (Lipinski definition) is 0. The number of cyclic esters (lactones) is 1. The smallest absolute Gasteiger partial charge is 0.411 e. The molecule has 0 bridgehead atoms. The largest absolute Gasteiger partial charge is 0.441 e. The van der Waals surface area contributed by atoms with Crippen LogP contribution in [0.15, 0.2) is 23.8 Å². The van der Waals surface area contributed by atoms with Crippen LogP contribution in [-0.2, 0) is 9.53 Å². The van der Waals surface area contributed by atoms with Gasteiger partial charge < -0.3 is 4.74 Å². The average Bonchev–Trinajstić information content (AvgIpc) is 2.70. The van der Waals surface area contributed by atoms with E-state index >= 15 is 0 Å². The second kappa shape index (κ2) is 5.32. The minimum Gasteiger partial charge on any atom is -0.441 e. The van der Waals surface area contributed by atoms with E-state index in [1.165, 1.54) is 5.57 Å². The van der Waals surface area contributed by atoms with Crippen molar-refractivity contribution in [2.45, 2.75) is 70.1 Å². The predicted molar refractivity (Wildman–Crippen MR) is 79.9 cm³/mol. The number of rotatable bonds is 2. The number of Topliss-reactive ketones (excluding diaryl/α,β-unsaturated/α-hetero) is 1. The fraction of sp³-hybridized carbons (Fsp3) is 0.647. The molecule has 21 heavy (non-hydrogen) atoms. The number of carbonyl (C=O) groups excluding carboxylic acids is 2. The average molecular weight is 289 g/mol. The van der Waals surface area contributed by atoms with Crippen LogP contribution in [0.25, 0.3) is 0 Å². The van der Waals surface area contributed by atoms with Crippen LogP contribution in [0.4, 0.5) is 4.79 Å². The predicted octanol–water partition coefficient (Wildman–Crippen LogP) is 3.37. The summed E-state index contributed by atoms with van der Waals surface area (Å²) in [5, 5.41) is 0. The summed E-state index contributed by atoms with van der Waals surface area (Å²) in [6, 6.07) is 0.127. The van der Waals surface area contributed by atoms with E-state index in [-0.39, 0.29) is 18.2 Å². The molecule has 2 fully saturated rings. The van der Waals surface area contributed by atoms with Crippen molar-refractivity contribution in [2.75, 3.05) is 0 Å². The maximum atomic E-state index is 12.4. The molecule has 1 atom stereocenters. The third kappa shape index (κ3) is 2.63. The van der Waals surface area contributed by atoms with E-state index in [1.54, 1.807) is 0 Å². The molecular weight excluding hydrogens is 266 g/mol. The van der Waals surface area contributed by atoms with Crippen LogP contribution in [-0.4, -0.2) is 34.5 Å². The minimum absolute atomic E-state index is 0.00634. The SMILES string of the molecule is CC1(C)OC(=O)N(C2CCC(=O)CC2)[C@H]1C1=CC=CCC1. The third-order valence-corrected chi connectivity index (χ3v) is 4.80. The Bertz CT molecular complexity index is 508. The fourth-order valence-corrected chi connectivity index (χ4v) is 3.81. The van der Waals surface area contributed by atoms with Crippen LogP contribution < -0.4 is 0 Å². The zero-order valence-corrected chi connectivity index (χ0v) is 12.8. The summed E-state index contributed by atoms with van der Waals surface area (Å²) in [5.74, 6) is 0.314. The Kier molecular flexibility index (Phi) is 3.64. The van der Waals surface area contributed by atoms with Gasteiger partial charge in [-0.1, -0.05) is 18.2 Å². The highest BCUT2D eigenvalue weighted by Gasteiger charge is 2.51. The molecule has 2 aliphatic carbocycles. The number of nitrogens with zero attached hydrogens (tertiary/aromatic N) is 1. The van der Waals surface area contributed by atoms with Crippen molar-refractivity contribution in [3.8, 4) is 0 Å². The Labute approximate surface area is 125 Å². The van der Waals surface area contributed by atoms with Crippen LogP contribution in [0.3, 0.4) is 0 Å². The van der Waals surface area contributed by atoms with Gasteiger partial charge in [-0.2, -0.15) is 0 Å². The van der Waals surface area contributed by atoms with Gasteiger partial charge in [0, 0.05) is 18.9 Å². The molecule has 3 rings (SSSR count). The molecule has 1 amide bonds. The molecule has 0 aromatic carbocycles. The molecule has 3 aliphatic rings. The lowest BCUT2D eigenvalue weighted by molar-refractivity contribution is -0.121. The van der Waals surface area contributed by atoms with Gasteiger partial charge in [0.15, 0.2) is 0 Å². The van der Waals surface area contributed by atoms with Gasteiger partial charge in [-0.15, -0.1) is 0 Å². The molecular formula is C17H23NO3. The number of carbonyl (C=O) groups is 2. The van der Waals surface area contributed by atoms with Crippen LogP contribution in [0.2, 0.25) is 0 Å². The molecule has 1 saturated carbocycles. The molecule has 4 nitrogen and oxygen atoms in total. The summed E-state index contributed by atoms with van der Waals surface area (Å²) in [4.78, 5) is 25.8. The first-order valence-electron chi connectivity index (χ1n) is 7.87. The lowest BCUT2D eigenvalue weighted by Crippen LogP contribution is -2.49. The van der Waals surface area contributed by atoms with Gasteiger partial charge in [0.25, 0.3) is 0 Å². The zero-order chi connectivity index (χ0) is 15.0. The van der Waals surface area contributed by atoms with Crippen molar-refractivity contribution in [3.63, 3.8) is 0 Å². The Morgan fingerprint density at radius 1 is 1.19 bits per heavy atom. The first kappa shape index (κ1) is 14.4. The van der Waals surface area contributed by atoms with Crippen molar-refractivity contribution < 1.29 is 14.3 Å². The van der Waals surface area contributed by atoms with E-state index in [2.05, 4.69) is 18.2 Å². The quantitative estimate of drug-likeness (QED) is 0.783. The van der Waals surface area contributed by atoms with E-state index in [9.17, 15) is 9.59 Å². The van der Waals surface area contributed by atoms with Gasteiger partial charge in [-0.05, 0) is 45.1 Å². The molecule has 4 heteroatoms. The molecule has 0 N–H and O–H groups in total. The maximum absolute atomic E-state index is 12.4. The van der Waals surface area contributed by atoms with Crippen molar-refractivity contribution in [1.29, 1.82) is 0 Å². The molecule has 1 heterocycles. The summed E-state index contributed by atoms with van der Waals surface area (Å²) in [6.45, 7) is 3.98.